The Hall–Kier alpha value is -0.800. The maximum absolute atomic E-state index is 12.6. The molecule has 4 nitrogen and oxygen atoms in total. The third-order valence-electron chi connectivity index (χ3n) is 3.95. The van der Waals surface area contributed by atoms with E-state index in [1.807, 2.05) is 0 Å². The quantitative estimate of drug-likeness (QED) is 0.811. The summed E-state index contributed by atoms with van der Waals surface area (Å²) in [7, 11) is -2.31. The molecule has 0 aromatic heterocycles. The van der Waals surface area contributed by atoms with Gasteiger partial charge in [0, 0.05) is 6.04 Å². The first-order valence-corrected chi connectivity index (χ1v) is 9.33. The number of ether oxygens (including phenoxy) is 1. The predicted octanol–water partition coefficient (Wildman–Crippen LogP) is 3.86. The second-order valence-electron chi connectivity index (χ2n) is 5.51. The van der Waals surface area contributed by atoms with Crippen molar-refractivity contribution < 1.29 is 26.3 Å². The number of halogens is 4. The summed E-state index contributed by atoms with van der Waals surface area (Å²) in [6.45, 7) is 0. The second kappa shape index (κ2) is 6.98. The zero-order valence-electron chi connectivity index (χ0n) is 12.4. The fourth-order valence-corrected chi connectivity index (χ4v) is 4.66. The Morgan fingerprint density at radius 2 is 1.83 bits per heavy atom. The standard InChI is InChI=1S/C14H17BrF3NO3S/c1-22-13-7-6-11(8-12(13)15)23(20,21)19-10-4-2-9(3-5-10)14(16,17)18/h6-10,19H,2-5H2,1H3. The van der Waals surface area contributed by atoms with E-state index in [1.54, 1.807) is 0 Å². The Morgan fingerprint density at radius 3 is 2.30 bits per heavy atom. The minimum absolute atomic E-state index is 0.0446. The summed E-state index contributed by atoms with van der Waals surface area (Å²) >= 11 is 3.21. The lowest BCUT2D eigenvalue weighted by Gasteiger charge is -2.30. The molecule has 0 amide bonds. The van der Waals surface area contributed by atoms with Crippen LogP contribution in [0.25, 0.3) is 0 Å². The van der Waals surface area contributed by atoms with Gasteiger partial charge in [-0.15, -0.1) is 0 Å². The van der Waals surface area contributed by atoms with Gasteiger partial charge in [0.2, 0.25) is 10.0 Å². The minimum atomic E-state index is -4.20. The maximum Gasteiger partial charge on any atom is 0.391 e. The van der Waals surface area contributed by atoms with Gasteiger partial charge in [0.25, 0.3) is 0 Å². The summed E-state index contributed by atoms with van der Waals surface area (Å²) in [6, 6.07) is 3.84. The molecule has 1 N–H and O–H groups in total. The molecule has 0 radical (unpaired) electrons. The molecule has 23 heavy (non-hydrogen) atoms. The van der Waals surface area contributed by atoms with Crippen LogP contribution in [-0.2, 0) is 10.0 Å². The van der Waals surface area contributed by atoms with Crippen molar-refractivity contribution in [3.8, 4) is 5.75 Å². The first-order chi connectivity index (χ1) is 10.6. The number of benzene rings is 1. The molecule has 0 spiro atoms. The van der Waals surface area contributed by atoms with Crippen LogP contribution < -0.4 is 9.46 Å². The third kappa shape index (κ3) is 4.60. The molecule has 0 unspecified atom stereocenters. The fourth-order valence-electron chi connectivity index (χ4n) is 2.64. The lowest BCUT2D eigenvalue weighted by Crippen LogP contribution is -2.39. The normalized spacial score (nSPS) is 22.8. The highest BCUT2D eigenvalue weighted by Crippen LogP contribution is 2.38. The zero-order chi connectivity index (χ0) is 17.3. The molecule has 130 valence electrons. The Labute approximate surface area is 141 Å². The van der Waals surface area contributed by atoms with Crippen LogP contribution in [0.5, 0.6) is 5.75 Å². The van der Waals surface area contributed by atoms with Gasteiger partial charge in [0.15, 0.2) is 0 Å². The van der Waals surface area contributed by atoms with Gasteiger partial charge in [-0.1, -0.05) is 0 Å². The lowest BCUT2D eigenvalue weighted by molar-refractivity contribution is -0.182. The Kier molecular flexibility index (Phi) is 5.63. The van der Waals surface area contributed by atoms with E-state index in [4.69, 9.17) is 4.74 Å². The molecule has 1 fully saturated rings. The van der Waals surface area contributed by atoms with Crippen LogP contribution in [0.3, 0.4) is 0 Å². The number of alkyl halides is 3. The molecule has 0 heterocycles. The van der Waals surface area contributed by atoms with E-state index in [9.17, 15) is 21.6 Å². The highest BCUT2D eigenvalue weighted by atomic mass is 79.9. The lowest BCUT2D eigenvalue weighted by atomic mass is 9.86. The summed E-state index contributed by atoms with van der Waals surface area (Å²) in [5.41, 5.74) is 0. The van der Waals surface area contributed by atoms with Crippen molar-refractivity contribution >= 4 is 26.0 Å². The van der Waals surface area contributed by atoms with Crippen LogP contribution in [0.2, 0.25) is 0 Å². The number of nitrogens with one attached hydrogen (secondary N) is 1. The molecular formula is C14H17BrF3NO3S. The number of hydrogen-bond donors (Lipinski definition) is 1. The highest BCUT2D eigenvalue weighted by Gasteiger charge is 2.41. The van der Waals surface area contributed by atoms with Gasteiger partial charge in [0.1, 0.15) is 5.75 Å². The van der Waals surface area contributed by atoms with Crippen molar-refractivity contribution in [1.29, 1.82) is 0 Å². The van der Waals surface area contributed by atoms with Gasteiger partial charge in [-0.05, 0) is 59.8 Å². The Bertz CT molecular complexity index is 656. The summed E-state index contributed by atoms with van der Waals surface area (Å²) in [4.78, 5) is 0.0446. The molecule has 0 saturated heterocycles. The average Bonchev–Trinajstić information content (AvgIpc) is 2.46. The van der Waals surface area contributed by atoms with E-state index in [-0.39, 0.29) is 30.6 Å². The predicted molar refractivity (Wildman–Crippen MR) is 82.8 cm³/mol. The smallest absolute Gasteiger partial charge is 0.391 e. The van der Waals surface area contributed by atoms with Crippen molar-refractivity contribution in [2.24, 2.45) is 5.92 Å². The van der Waals surface area contributed by atoms with Gasteiger partial charge in [-0.3, -0.25) is 0 Å². The van der Waals surface area contributed by atoms with Crippen molar-refractivity contribution in [2.45, 2.75) is 42.8 Å². The molecule has 1 aliphatic carbocycles. The van der Waals surface area contributed by atoms with Crippen LogP contribution in [0.1, 0.15) is 25.7 Å². The number of sulfonamides is 1. The van der Waals surface area contributed by atoms with Gasteiger partial charge >= 0.3 is 6.18 Å². The monoisotopic (exact) mass is 415 g/mol. The first kappa shape index (κ1) is 18.5. The van der Waals surface area contributed by atoms with Crippen molar-refractivity contribution in [3.05, 3.63) is 22.7 Å². The highest BCUT2D eigenvalue weighted by molar-refractivity contribution is 9.10. The average molecular weight is 416 g/mol. The summed E-state index contributed by atoms with van der Waals surface area (Å²) < 4.78 is 70.6. The number of hydrogen-bond acceptors (Lipinski definition) is 3. The third-order valence-corrected chi connectivity index (χ3v) is 6.08. The molecule has 1 aliphatic rings. The number of rotatable bonds is 4. The van der Waals surface area contributed by atoms with E-state index in [0.29, 0.717) is 10.2 Å². The molecule has 1 aromatic rings. The van der Waals surface area contributed by atoms with E-state index >= 15 is 0 Å². The summed E-state index contributed by atoms with van der Waals surface area (Å²) in [5, 5.41) is 0. The Balaban J connectivity index is 2.04. The van der Waals surface area contributed by atoms with Crippen LogP contribution in [0.4, 0.5) is 13.2 Å². The van der Waals surface area contributed by atoms with Crippen LogP contribution in [0, 0.1) is 5.92 Å². The molecule has 0 bridgehead atoms. The van der Waals surface area contributed by atoms with Gasteiger partial charge in [-0.2, -0.15) is 13.2 Å². The van der Waals surface area contributed by atoms with Crippen molar-refractivity contribution in [2.75, 3.05) is 7.11 Å². The first-order valence-electron chi connectivity index (χ1n) is 7.06. The topological polar surface area (TPSA) is 55.4 Å². The Morgan fingerprint density at radius 1 is 1.22 bits per heavy atom. The van der Waals surface area contributed by atoms with Crippen molar-refractivity contribution in [3.63, 3.8) is 0 Å². The molecular weight excluding hydrogens is 399 g/mol. The summed E-state index contributed by atoms with van der Waals surface area (Å²) in [5.74, 6) is -0.840. The van der Waals surface area contributed by atoms with Gasteiger partial charge in [-0.25, -0.2) is 13.1 Å². The maximum atomic E-state index is 12.6. The van der Waals surface area contributed by atoms with Crippen LogP contribution in [0.15, 0.2) is 27.6 Å². The molecule has 0 aliphatic heterocycles. The molecule has 0 atom stereocenters. The van der Waals surface area contributed by atoms with Crippen LogP contribution in [-0.4, -0.2) is 27.7 Å². The van der Waals surface area contributed by atoms with E-state index in [0.717, 1.165) is 0 Å². The minimum Gasteiger partial charge on any atom is -0.496 e. The van der Waals surface area contributed by atoms with Crippen LogP contribution >= 0.6 is 15.9 Å². The summed E-state index contributed by atoms with van der Waals surface area (Å²) in [6.07, 6.45) is -3.95. The van der Waals surface area contributed by atoms with Gasteiger partial charge < -0.3 is 4.74 Å². The second-order valence-corrected chi connectivity index (χ2v) is 8.08. The molecule has 2 rings (SSSR count). The SMILES string of the molecule is COc1ccc(S(=O)(=O)NC2CCC(C(F)(F)F)CC2)cc1Br. The van der Waals surface area contributed by atoms with Crippen molar-refractivity contribution in [1.82, 2.24) is 4.72 Å². The largest absolute Gasteiger partial charge is 0.496 e. The molecule has 1 saturated carbocycles. The number of methoxy groups -OCH3 is 1. The molecule has 1 aromatic carbocycles. The van der Waals surface area contributed by atoms with E-state index < -0.39 is 28.2 Å². The van der Waals surface area contributed by atoms with E-state index in [2.05, 4.69) is 20.7 Å². The van der Waals surface area contributed by atoms with Gasteiger partial charge in [0.05, 0.1) is 22.4 Å². The fraction of sp³-hybridized carbons (Fsp3) is 0.571. The van der Waals surface area contributed by atoms with E-state index in [1.165, 1.54) is 25.3 Å². The zero-order valence-corrected chi connectivity index (χ0v) is 14.8. The molecule has 9 heteroatoms.